The van der Waals surface area contributed by atoms with Crippen molar-refractivity contribution < 1.29 is 13.6 Å². The molecule has 0 radical (unpaired) electrons. The Bertz CT molecular complexity index is 663. The molecule has 1 aliphatic heterocycles. The lowest BCUT2D eigenvalue weighted by Crippen LogP contribution is -2.43. The van der Waals surface area contributed by atoms with Gasteiger partial charge in [-0.15, -0.1) is 24.8 Å². The molecule has 1 unspecified atom stereocenters. The molecular formula is C17H25Cl2N3O3. The van der Waals surface area contributed by atoms with Crippen LogP contribution in [0.1, 0.15) is 31.2 Å². The van der Waals surface area contributed by atoms with Crippen molar-refractivity contribution in [2.75, 3.05) is 13.1 Å². The second kappa shape index (κ2) is 9.27. The van der Waals surface area contributed by atoms with Gasteiger partial charge in [-0.25, -0.2) is 4.98 Å². The number of aromatic nitrogens is 1. The predicted molar refractivity (Wildman–Crippen MR) is 100 cm³/mol. The lowest BCUT2D eigenvalue weighted by Gasteiger charge is -2.33. The summed E-state index contributed by atoms with van der Waals surface area (Å²) in [4.78, 5) is 18.8. The summed E-state index contributed by atoms with van der Waals surface area (Å²) in [7, 11) is 0. The highest BCUT2D eigenvalue weighted by Gasteiger charge is 2.26. The van der Waals surface area contributed by atoms with Gasteiger partial charge in [0.2, 0.25) is 5.91 Å². The number of rotatable bonds is 4. The van der Waals surface area contributed by atoms with Crippen molar-refractivity contribution in [2.45, 2.75) is 39.2 Å². The van der Waals surface area contributed by atoms with Gasteiger partial charge in [0.05, 0.1) is 18.4 Å². The molecular weight excluding hydrogens is 365 g/mol. The Morgan fingerprint density at radius 1 is 1.40 bits per heavy atom. The molecule has 3 heterocycles. The second-order valence-electron chi connectivity index (χ2n) is 6.25. The molecule has 1 aliphatic rings. The fourth-order valence-corrected chi connectivity index (χ4v) is 3.03. The van der Waals surface area contributed by atoms with E-state index in [4.69, 9.17) is 14.6 Å². The summed E-state index contributed by atoms with van der Waals surface area (Å²) in [5.41, 5.74) is 6.62. The number of carbonyl (C=O) groups excluding carboxylic acids is 1. The third-order valence-corrected chi connectivity index (χ3v) is 4.58. The molecule has 2 aromatic heterocycles. The quantitative estimate of drug-likeness (QED) is 0.867. The van der Waals surface area contributed by atoms with Gasteiger partial charge < -0.3 is 19.5 Å². The first-order valence-electron chi connectivity index (χ1n) is 8.08. The molecule has 2 aromatic rings. The standard InChI is InChI=1S/C17H23N3O3.2ClH/c1-11(18)13-5-7-20(8-6-13)16(21)10-14-12(2)23-17(19-14)15-4-3-9-22-15;;/h3-4,9,11,13H,5-8,10,18H2,1-2H3;2*1H. The van der Waals surface area contributed by atoms with E-state index in [9.17, 15) is 4.79 Å². The molecule has 0 bridgehead atoms. The Labute approximate surface area is 160 Å². The Balaban J connectivity index is 0.00000156. The average molecular weight is 390 g/mol. The normalized spacial score (nSPS) is 16.0. The Morgan fingerprint density at radius 2 is 2.08 bits per heavy atom. The number of oxazole rings is 1. The number of amides is 1. The molecule has 0 saturated carbocycles. The van der Waals surface area contributed by atoms with Gasteiger partial charge in [-0.2, -0.15) is 0 Å². The van der Waals surface area contributed by atoms with Crippen LogP contribution in [0.5, 0.6) is 0 Å². The third kappa shape index (κ3) is 5.00. The van der Waals surface area contributed by atoms with E-state index in [1.165, 1.54) is 0 Å². The van der Waals surface area contributed by atoms with Crippen LogP contribution in [0.15, 0.2) is 27.2 Å². The summed E-state index contributed by atoms with van der Waals surface area (Å²) in [6.07, 6.45) is 3.78. The van der Waals surface area contributed by atoms with Crippen molar-refractivity contribution in [3.05, 3.63) is 29.9 Å². The van der Waals surface area contributed by atoms with E-state index in [2.05, 4.69) is 4.98 Å². The molecule has 25 heavy (non-hydrogen) atoms. The van der Waals surface area contributed by atoms with Gasteiger partial charge in [0, 0.05) is 19.1 Å². The van der Waals surface area contributed by atoms with Crippen molar-refractivity contribution in [1.82, 2.24) is 9.88 Å². The van der Waals surface area contributed by atoms with Gasteiger partial charge >= 0.3 is 0 Å². The minimum absolute atomic E-state index is 0. The summed E-state index contributed by atoms with van der Waals surface area (Å²) in [6.45, 7) is 5.40. The minimum Gasteiger partial charge on any atom is -0.459 e. The summed E-state index contributed by atoms with van der Waals surface area (Å²) < 4.78 is 10.9. The molecule has 6 nitrogen and oxygen atoms in total. The first-order chi connectivity index (χ1) is 11.0. The number of likely N-dealkylation sites (tertiary alicyclic amines) is 1. The van der Waals surface area contributed by atoms with Crippen LogP contribution in [0.3, 0.4) is 0 Å². The van der Waals surface area contributed by atoms with E-state index in [-0.39, 0.29) is 43.2 Å². The maximum atomic E-state index is 12.5. The molecule has 0 aliphatic carbocycles. The van der Waals surface area contributed by atoms with Crippen LogP contribution in [0.4, 0.5) is 0 Å². The Kier molecular flexibility index (Phi) is 7.99. The average Bonchev–Trinajstić information content (AvgIpc) is 3.18. The minimum atomic E-state index is 0. The van der Waals surface area contributed by atoms with Crippen LogP contribution in [0.25, 0.3) is 11.7 Å². The molecule has 1 saturated heterocycles. The number of nitrogens with zero attached hydrogens (tertiary/aromatic N) is 2. The largest absolute Gasteiger partial charge is 0.459 e. The lowest BCUT2D eigenvalue weighted by atomic mass is 9.91. The van der Waals surface area contributed by atoms with Crippen LogP contribution in [0.2, 0.25) is 0 Å². The number of nitrogens with two attached hydrogens (primary N) is 1. The molecule has 8 heteroatoms. The van der Waals surface area contributed by atoms with E-state index in [1.54, 1.807) is 18.4 Å². The van der Waals surface area contributed by atoms with Gasteiger partial charge in [-0.05, 0) is 44.7 Å². The fraction of sp³-hybridized carbons (Fsp3) is 0.529. The monoisotopic (exact) mass is 389 g/mol. The number of hydrogen-bond acceptors (Lipinski definition) is 5. The summed E-state index contributed by atoms with van der Waals surface area (Å²) >= 11 is 0. The molecule has 1 amide bonds. The van der Waals surface area contributed by atoms with Gasteiger partial charge in [0.1, 0.15) is 5.76 Å². The highest BCUT2D eigenvalue weighted by molar-refractivity contribution is 5.85. The van der Waals surface area contributed by atoms with Crippen LogP contribution < -0.4 is 5.73 Å². The molecule has 3 rings (SSSR count). The SMILES string of the molecule is Cc1oc(-c2ccco2)nc1CC(=O)N1CCC(C(C)N)CC1.Cl.Cl. The zero-order chi connectivity index (χ0) is 16.4. The van der Waals surface area contributed by atoms with Crippen LogP contribution in [-0.2, 0) is 11.2 Å². The van der Waals surface area contributed by atoms with E-state index in [1.807, 2.05) is 18.7 Å². The summed E-state index contributed by atoms with van der Waals surface area (Å²) in [6, 6.07) is 3.76. The van der Waals surface area contributed by atoms with Crippen molar-refractivity contribution in [3.8, 4) is 11.7 Å². The summed E-state index contributed by atoms with van der Waals surface area (Å²) in [5, 5.41) is 0. The fourth-order valence-electron chi connectivity index (χ4n) is 3.03. The number of furan rings is 1. The zero-order valence-corrected chi connectivity index (χ0v) is 16.1. The van der Waals surface area contributed by atoms with Gasteiger partial charge in [0.25, 0.3) is 5.89 Å². The zero-order valence-electron chi connectivity index (χ0n) is 14.4. The Morgan fingerprint density at radius 3 is 2.64 bits per heavy atom. The van der Waals surface area contributed by atoms with E-state index in [0.29, 0.717) is 29.0 Å². The second-order valence-corrected chi connectivity index (χ2v) is 6.25. The van der Waals surface area contributed by atoms with Crippen LogP contribution in [0, 0.1) is 12.8 Å². The van der Waals surface area contributed by atoms with Crippen molar-refractivity contribution in [2.24, 2.45) is 11.7 Å². The maximum absolute atomic E-state index is 12.5. The van der Waals surface area contributed by atoms with Gasteiger partial charge in [0.15, 0.2) is 5.76 Å². The number of carbonyl (C=O) groups is 1. The third-order valence-electron chi connectivity index (χ3n) is 4.58. The lowest BCUT2D eigenvalue weighted by molar-refractivity contribution is -0.132. The highest BCUT2D eigenvalue weighted by Crippen LogP contribution is 2.24. The number of piperidine rings is 1. The van der Waals surface area contributed by atoms with Gasteiger partial charge in [-0.1, -0.05) is 0 Å². The molecule has 0 spiro atoms. The molecule has 1 atom stereocenters. The highest BCUT2D eigenvalue weighted by atomic mass is 35.5. The number of aryl methyl sites for hydroxylation is 1. The van der Waals surface area contributed by atoms with Crippen molar-refractivity contribution in [3.63, 3.8) is 0 Å². The topological polar surface area (TPSA) is 85.5 Å². The Hall–Kier alpha value is -1.50. The molecule has 1 fully saturated rings. The van der Waals surface area contributed by atoms with E-state index < -0.39 is 0 Å². The molecule has 2 N–H and O–H groups in total. The van der Waals surface area contributed by atoms with Crippen LogP contribution >= 0.6 is 24.8 Å². The van der Waals surface area contributed by atoms with E-state index in [0.717, 1.165) is 25.9 Å². The van der Waals surface area contributed by atoms with Crippen molar-refractivity contribution in [1.29, 1.82) is 0 Å². The van der Waals surface area contributed by atoms with E-state index >= 15 is 0 Å². The first kappa shape index (κ1) is 21.5. The number of halogens is 2. The van der Waals surface area contributed by atoms with Crippen LogP contribution in [-0.4, -0.2) is 34.9 Å². The smallest absolute Gasteiger partial charge is 0.263 e. The summed E-state index contributed by atoms with van der Waals surface area (Å²) in [5.74, 6) is 2.26. The van der Waals surface area contributed by atoms with Gasteiger partial charge in [-0.3, -0.25) is 4.79 Å². The maximum Gasteiger partial charge on any atom is 0.263 e. The molecule has 140 valence electrons. The predicted octanol–water partition coefficient (Wildman–Crippen LogP) is 3.21. The first-order valence-corrected chi connectivity index (χ1v) is 8.08. The number of hydrogen-bond donors (Lipinski definition) is 1. The van der Waals surface area contributed by atoms with Crippen molar-refractivity contribution >= 4 is 30.7 Å². The molecule has 0 aromatic carbocycles.